The van der Waals surface area contributed by atoms with E-state index in [4.69, 9.17) is 4.74 Å². The van der Waals surface area contributed by atoms with Gasteiger partial charge in [0.25, 0.3) is 0 Å². The van der Waals surface area contributed by atoms with Crippen LogP contribution in [-0.2, 0) is 17.4 Å². The maximum absolute atomic E-state index is 13.8. The molecule has 0 amide bonds. The van der Waals surface area contributed by atoms with Gasteiger partial charge >= 0.3 is 0 Å². The largest absolute Gasteiger partial charge is 0.497 e. The molecule has 0 radical (unpaired) electrons. The maximum Gasteiger partial charge on any atom is 0.239 e. The Morgan fingerprint density at radius 1 is 1.25 bits per heavy atom. The first-order valence-electron chi connectivity index (χ1n) is 11.0. The summed E-state index contributed by atoms with van der Waals surface area (Å²) in [6.07, 6.45) is 3.89. The van der Waals surface area contributed by atoms with Gasteiger partial charge in [0, 0.05) is 41.1 Å². The van der Waals surface area contributed by atoms with Crippen LogP contribution in [0.15, 0.2) is 35.1 Å². The van der Waals surface area contributed by atoms with Gasteiger partial charge in [0.1, 0.15) is 22.6 Å². The number of aliphatic hydroxyl groups is 2. The van der Waals surface area contributed by atoms with Crippen LogP contribution < -0.4 is 9.04 Å². The number of anilines is 1. The molecule has 2 heterocycles. The normalized spacial score (nSPS) is 13.1. The lowest BCUT2D eigenvalue weighted by molar-refractivity contribution is 0.156. The van der Waals surface area contributed by atoms with E-state index in [1.165, 1.54) is 0 Å². The van der Waals surface area contributed by atoms with Crippen LogP contribution in [0.5, 0.6) is 5.75 Å². The minimum atomic E-state index is -1.53. The average molecular weight is 711 g/mol. The predicted octanol–water partition coefficient (Wildman–Crippen LogP) is 3.52. The van der Waals surface area contributed by atoms with Gasteiger partial charge in [-0.1, -0.05) is 24.9 Å². The molecule has 0 aliphatic carbocycles. The van der Waals surface area contributed by atoms with Crippen molar-refractivity contribution in [3.05, 3.63) is 46.5 Å². The van der Waals surface area contributed by atoms with E-state index >= 15 is 0 Å². The number of nitrogens with zero attached hydrogens (tertiary/aromatic N) is 6. The van der Waals surface area contributed by atoms with Gasteiger partial charge < -0.3 is 14.9 Å². The maximum atomic E-state index is 13.8. The van der Waals surface area contributed by atoms with Crippen molar-refractivity contribution >= 4 is 63.0 Å². The number of hydrogen-bond acceptors (Lipinski definition) is 9. The first kappa shape index (κ1) is 29.2. The second kappa shape index (κ2) is 14.0. The van der Waals surface area contributed by atoms with Gasteiger partial charge in [-0.05, 0) is 58.8 Å². The summed E-state index contributed by atoms with van der Waals surface area (Å²) >= 11 is 5.75. The molecule has 0 aliphatic heterocycles. The Balaban J connectivity index is 2.07. The third-order valence-corrected chi connectivity index (χ3v) is 9.32. The summed E-state index contributed by atoms with van der Waals surface area (Å²) in [6, 6.07) is 4.68. The summed E-state index contributed by atoms with van der Waals surface area (Å²) in [5, 5.41) is 28.7. The molecule has 1 aromatic carbocycles. The van der Waals surface area contributed by atoms with Crippen LogP contribution in [0, 0.1) is 6.92 Å². The Labute approximate surface area is 237 Å². The Morgan fingerprint density at radius 2 is 1.94 bits per heavy atom. The summed E-state index contributed by atoms with van der Waals surface area (Å²) in [6.45, 7) is 3.49. The average Bonchev–Trinajstić information content (AvgIpc) is 3.31. The van der Waals surface area contributed by atoms with Crippen molar-refractivity contribution in [1.82, 2.24) is 24.7 Å². The standard InChI is InChI=1S/C22H28BrIN6O4S2/c1-14-10-25-20(26-11-14)8-15(2)36(33)29(6-7-35-24)22-28-27-21(30(22)16(12-31)13-32)18-9-17(34-3)4-5-19(18)23/h4-5,9-11,15-16,31-32H,6-8,12-13H2,1-3H3. The molecule has 10 nitrogen and oxygen atoms in total. The summed E-state index contributed by atoms with van der Waals surface area (Å²) in [4.78, 5) is 8.70. The number of rotatable bonds is 13. The molecule has 3 rings (SSSR count). The first-order chi connectivity index (χ1) is 17.3. The van der Waals surface area contributed by atoms with E-state index in [0.717, 1.165) is 10.0 Å². The Hall–Kier alpha value is -1.33. The van der Waals surface area contributed by atoms with Crippen molar-refractivity contribution in [3.63, 3.8) is 0 Å². The first-order valence-corrected chi connectivity index (χ1v) is 16.5. The monoisotopic (exact) mass is 710 g/mol. The highest BCUT2D eigenvalue weighted by Crippen LogP contribution is 2.35. The zero-order valence-corrected chi connectivity index (χ0v) is 25.4. The molecular formula is C22H28BrIN6O4S2. The van der Waals surface area contributed by atoms with E-state index in [1.54, 1.807) is 49.4 Å². The quantitative estimate of drug-likeness (QED) is 0.256. The fourth-order valence-corrected chi connectivity index (χ4v) is 6.12. The number of hydrogen-bond donors (Lipinski definition) is 2. The van der Waals surface area contributed by atoms with Gasteiger partial charge in [0.15, 0.2) is 5.82 Å². The summed E-state index contributed by atoms with van der Waals surface area (Å²) in [5.41, 5.74) is 1.62. The van der Waals surface area contributed by atoms with Crippen LogP contribution in [-0.4, -0.2) is 77.0 Å². The molecule has 0 saturated carbocycles. The van der Waals surface area contributed by atoms with Crippen LogP contribution >= 0.6 is 46.1 Å². The SMILES string of the molecule is COc1ccc(Br)c(-c2nnc(N(CCSI)S(=O)C(C)Cc3ncc(C)cn3)n2C(CO)CO)c1. The molecule has 0 bridgehead atoms. The molecule has 2 aromatic heterocycles. The van der Waals surface area contributed by atoms with Crippen LogP contribution in [0.25, 0.3) is 11.4 Å². The van der Waals surface area contributed by atoms with Crippen molar-refractivity contribution in [1.29, 1.82) is 0 Å². The molecule has 14 heteroatoms. The van der Waals surface area contributed by atoms with E-state index in [-0.39, 0.29) is 18.5 Å². The Bertz CT molecular complexity index is 1170. The third kappa shape index (κ3) is 6.95. The molecule has 2 N–H and O–H groups in total. The Morgan fingerprint density at radius 3 is 2.56 bits per heavy atom. The predicted molar refractivity (Wildman–Crippen MR) is 155 cm³/mol. The molecule has 196 valence electrons. The number of halogens is 2. The van der Waals surface area contributed by atoms with Gasteiger partial charge in [-0.15, -0.1) is 10.2 Å². The summed E-state index contributed by atoms with van der Waals surface area (Å²) < 4.78 is 23.2. The molecule has 36 heavy (non-hydrogen) atoms. The highest BCUT2D eigenvalue weighted by atomic mass is 127. The van der Waals surface area contributed by atoms with Crippen molar-refractivity contribution in [2.45, 2.75) is 31.6 Å². The zero-order chi connectivity index (χ0) is 26.2. The molecular weight excluding hydrogens is 683 g/mol. The second-order valence-electron chi connectivity index (χ2n) is 7.94. The fourth-order valence-electron chi connectivity index (χ4n) is 3.46. The Kier molecular flexibility index (Phi) is 11.4. The number of methoxy groups -OCH3 is 1. The van der Waals surface area contributed by atoms with Crippen molar-refractivity contribution in [3.8, 4) is 17.1 Å². The number of ether oxygens (including phenoxy) is 1. The minimum absolute atomic E-state index is 0.299. The van der Waals surface area contributed by atoms with Crippen LogP contribution in [0.4, 0.5) is 5.95 Å². The summed E-state index contributed by atoms with van der Waals surface area (Å²) in [7, 11) is 1.62. The number of aryl methyl sites for hydroxylation is 1. The number of aliphatic hydroxyl groups excluding tert-OH is 2. The molecule has 0 fully saturated rings. The second-order valence-corrected chi connectivity index (χ2v) is 13.1. The molecule has 0 spiro atoms. The molecule has 2 unspecified atom stereocenters. The fraction of sp³-hybridized carbons (Fsp3) is 0.455. The van der Waals surface area contributed by atoms with E-state index in [0.29, 0.717) is 47.6 Å². The van der Waals surface area contributed by atoms with E-state index in [2.05, 4.69) is 57.3 Å². The minimum Gasteiger partial charge on any atom is -0.497 e. The smallest absolute Gasteiger partial charge is 0.239 e. The topological polar surface area (TPSA) is 126 Å². The van der Waals surface area contributed by atoms with Crippen LogP contribution in [0.1, 0.15) is 24.4 Å². The lowest BCUT2D eigenvalue weighted by Gasteiger charge is -2.28. The van der Waals surface area contributed by atoms with Gasteiger partial charge in [0.2, 0.25) is 5.95 Å². The van der Waals surface area contributed by atoms with Crippen LogP contribution in [0.2, 0.25) is 0 Å². The lowest BCUT2D eigenvalue weighted by Crippen LogP contribution is -2.38. The van der Waals surface area contributed by atoms with Crippen molar-refractivity contribution in [2.24, 2.45) is 0 Å². The lowest BCUT2D eigenvalue weighted by atomic mass is 10.2. The number of aromatic nitrogens is 5. The van der Waals surface area contributed by atoms with Crippen LogP contribution in [0.3, 0.4) is 0 Å². The molecule has 2 atom stereocenters. The van der Waals surface area contributed by atoms with E-state index in [1.807, 2.05) is 19.9 Å². The summed E-state index contributed by atoms with van der Waals surface area (Å²) in [5.74, 6) is 2.60. The third-order valence-electron chi connectivity index (χ3n) is 5.34. The van der Waals surface area contributed by atoms with Gasteiger partial charge in [-0.25, -0.2) is 14.2 Å². The van der Waals surface area contributed by atoms with Gasteiger partial charge in [-0.2, -0.15) is 0 Å². The molecule has 0 saturated heterocycles. The van der Waals surface area contributed by atoms with Gasteiger partial charge in [-0.3, -0.25) is 8.87 Å². The molecule has 3 aromatic rings. The van der Waals surface area contributed by atoms with Crippen molar-refractivity contribution < 1.29 is 19.2 Å². The highest BCUT2D eigenvalue weighted by molar-refractivity contribution is 14.2. The molecule has 0 aliphatic rings. The zero-order valence-electron chi connectivity index (χ0n) is 20.0. The number of benzene rings is 1. The van der Waals surface area contributed by atoms with Crippen molar-refractivity contribution in [2.75, 3.05) is 36.9 Å². The van der Waals surface area contributed by atoms with Gasteiger partial charge in [0.05, 0.1) is 31.6 Å². The van der Waals surface area contributed by atoms with E-state index < -0.39 is 17.0 Å². The highest BCUT2D eigenvalue weighted by Gasteiger charge is 2.30. The van der Waals surface area contributed by atoms with E-state index in [9.17, 15) is 14.4 Å².